The Labute approximate surface area is 197 Å². The van der Waals surface area contributed by atoms with Gasteiger partial charge in [-0.1, -0.05) is 0 Å². The van der Waals surface area contributed by atoms with Crippen LogP contribution in [0.5, 0.6) is 0 Å². The molecular weight excluding hydrogens is 438 g/mol. The molecule has 0 spiro atoms. The molecule has 0 aliphatic carbocycles. The zero-order valence-electron chi connectivity index (χ0n) is 19.4. The number of carbonyl (C=O) groups excluding carboxylic acids is 1. The molecule has 12 nitrogen and oxygen atoms in total. The van der Waals surface area contributed by atoms with E-state index in [1.807, 2.05) is 24.8 Å². The van der Waals surface area contributed by atoms with E-state index in [1.165, 1.54) is 0 Å². The topological polar surface area (TPSA) is 153 Å². The number of carbonyl (C=O) groups is 1. The predicted molar refractivity (Wildman–Crippen MR) is 128 cm³/mol. The first-order valence-electron chi connectivity index (χ1n) is 11.2. The van der Waals surface area contributed by atoms with Gasteiger partial charge >= 0.3 is 0 Å². The Hall–Kier alpha value is -3.64. The molecule has 4 N–H and O–H groups in total. The fourth-order valence-corrected chi connectivity index (χ4v) is 3.67. The maximum Gasteiger partial charge on any atom is 0.248 e. The van der Waals surface area contributed by atoms with Gasteiger partial charge in [0.15, 0.2) is 17.5 Å². The van der Waals surface area contributed by atoms with Gasteiger partial charge in [-0.15, -0.1) is 10.2 Å². The summed E-state index contributed by atoms with van der Waals surface area (Å²) in [5.41, 5.74) is 1.18. The lowest BCUT2D eigenvalue weighted by Crippen LogP contribution is -2.49. The molecule has 34 heavy (non-hydrogen) atoms. The lowest BCUT2D eigenvalue weighted by Gasteiger charge is -2.34. The average Bonchev–Trinajstić information content (AvgIpc) is 2.84. The molecule has 1 amide bonds. The molecule has 4 rings (SSSR count). The third-order valence-electron chi connectivity index (χ3n) is 5.42. The van der Waals surface area contributed by atoms with Gasteiger partial charge in [-0.3, -0.25) is 4.79 Å². The predicted octanol–water partition coefficient (Wildman–Crippen LogP) is 1.07. The quantitative estimate of drug-likeness (QED) is 0.395. The largest absolute Gasteiger partial charge is 0.387 e. The number of aromatic nitrogens is 5. The summed E-state index contributed by atoms with van der Waals surface area (Å²) in [5, 5.41) is 34.6. The molecule has 1 unspecified atom stereocenters. The fraction of sp³-hybridized carbons (Fsp3) is 0.455. The van der Waals surface area contributed by atoms with Crippen LogP contribution in [-0.4, -0.2) is 85.0 Å². The average molecular weight is 468 g/mol. The molecular formula is C22H29N9O3. The van der Waals surface area contributed by atoms with Crippen molar-refractivity contribution in [1.82, 2.24) is 30.0 Å². The molecule has 4 heterocycles. The number of piperazine rings is 1. The lowest BCUT2D eigenvalue weighted by atomic mass is 10.2. The Kier molecular flexibility index (Phi) is 6.98. The number of fused-ring (bicyclic) bond motifs is 1. The molecule has 1 aliphatic heterocycles. The number of hydrogen-bond acceptors (Lipinski definition) is 11. The summed E-state index contributed by atoms with van der Waals surface area (Å²) in [6.45, 7) is 7.51. The van der Waals surface area contributed by atoms with Gasteiger partial charge in [-0.2, -0.15) is 0 Å². The second kappa shape index (κ2) is 10.1. The Morgan fingerprint density at radius 1 is 1.12 bits per heavy atom. The second-order valence-corrected chi connectivity index (χ2v) is 8.43. The highest BCUT2D eigenvalue weighted by molar-refractivity contribution is 5.89. The Bertz CT molecular complexity index is 1150. The van der Waals surface area contributed by atoms with Crippen LogP contribution in [-0.2, 0) is 4.79 Å². The fourth-order valence-electron chi connectivity index (χ4n) is 3.67. The minimum atomic E-state index is -0.707. The zero-order valence-corrected chi connectivity index (χ0v) is 19.4. The van der Waals surface area contributed by atoms with Crippen molar-refractivity contribution in [2.45, 2.75) is 32.9 Å². The van der Waals surface area contributed by atoms with Gasteiger partial charge in [0.1, 0.15) is 12.1 Å². The van der Waals surface area contributed by atoms with Crippen molar-refractivity contribution in [1.29, 1.82) is 0 Å². The van der Waals surface area contributed by atoms with Crippen molar-refractivity contribution in [2.75, 3.05) is 48.3 Å². The van der Waals surface area contributed by atoms with Crippen LogP contribution in [0.25, 0.3) is 10.9 Å². The first-order valence-corrected chi connectivity index (χ1v) is 11.2. The van der Waals surface area contributed by atoms with Crippen molar-refractivity contribution < 1.29 is 15.0 Å². The molecule has 3 aromatic rings. The monoisotopic (exact) mass is 467 g/mol. The summed E-state index contributed by atoms with van der Waals surface area (Å²) in [6.07, 6.45) is 0.973. The van der Waals surface area contributed by atoms with Crippen LogP contribution in [0.3, 0.4) is 0 Å². The van der Waals surface area contributed by atoms with Gasteiger partial charge in [0.05, 0.1) is 11.8 Å². The third kappa shape index (κ3) is 5.29. The maximum atomic E-state index is 11.6. The normalized spacial score (nSPS) is 15.0. The van der Waals surface area contributed by atoms with Crippen LogP contribution >= 0.6 is 0 Å². The highest BCUT2D eigenvalue weighted by Crippen LogP contribution is 2.25. The molecule has 0 aromatic carbocycles. The van der Waals surface area contributed by atoms with Crippen LogP contribution < -0.4 is 15.5 Å². The number of pyridine rings is 1. The molecule has 1 atom stereocenters. The van der Waals surface area contributed by atoms with Gasteiger partial charge < -0.3 is 30.6 Å². The van der Waals surface area contributed by atoms with Gasteiger partial charge in [-0.25, -0.2) is 15.0 Å². The molecule has 3 aromatic heterocycles. The molecule has 1 saturated heterocycles. The van der Waals surface area contributed by atoms with Gasteiger partial charge in [0, 0.05) is 43.8 Å². The maximum absolute atomic E-state index is 11.6. The molecule has 0 bridgehead atoms. The zero-order chi connectivity index (χ0) is 24.2. The van der Waals surface area contributed by atoms with Crippen molar-refractivity contribution in [2.24, 2.45) is 0 Å². The van der Waals surface area contributed by atoms with E-state index in [0.29, 0.717) is 60.8 Å². The Balaban J connectivity index is 1.49. The summed E-state index contributed by atoms with van der Waals surface area (Å²) < 4.78 is 0. The van der Waals surface area contributed by atoms with E-state index < -0.39 is 12.7 Å². The molecule has 1 aliphatic rings. The van der Waals surface area contributed by atoms with Crippen molar-refractivity contribution in [3.05, 3.63) is 30.1 Å². The summed E-state index contributed by atoms with van der Waals surface area (Å²) >= 11 is 0. The summed E-state index contributed by atoms with van der Waals surface area (Å²) in [4.78, 5) is 28.8. The van der Waals surface area contributed by atoms with Gasteiger partial charge in [0.25, 0.3) is 0 Å². The number of hydrogen-bond donors (Lipinski definition) is 4. The van der Waals surface area contributed by atoms with Crippen LogP contribution in [0.1, 0.15) is 32.6 Å². The molecule has 0 radical (unpaired) electrons. The van der Waals surface area contributed by atoms with E-state index >= 15 is 0 Å². The Morgan fingerprint density at radius 3 is 2.50 bits per heavy atom. The molecule has 180 valence electrons. The van der Waals surface area contributed by atoms with Gasteiger partial charge in [-0.05, 0) is 39.0 Å². The summed E-state index contributed by atoms with van der Waals surface area (Å²) in [7, 11) is 0. The van der Waals surface area contributed by atoms with Gasteiger partial charge in [0.2, 0.25) is 11.9 Å². The van der Waals surface area contributed by atoms with Crippen LogP contribution in [0.2, 0.25) is 0 Å². The van der Waals surface area contributed by atoms with E-state index in [1.54, 1.807) is 30.2 Å². The Morgan fingerprint density at radius 2 is 1.88 bits per heavy atom. The molecule has 1 fully saturated rings. The minimum absolute atomic E-state index is 0.133. The number of nitrogens with one attached hydrogen (secondary N) is 2. The third-order valence-corrected chi connectivity index (χ3v) is 5.42. The van der Waals surface area contributed by atoms with Crippen LogP contribution in [0, 0.1) is 0 Å². The van der Waals surface area contributed by atoms with E-state index in [0.717, 1.165) is 5.39 Å². The first-order chi connectivity index (χ1) is 16.3. The highest BCUT2D eigenvalue weighted by atomic mass is 16.3. The van der Waals surface area contributed by atoms with Crippen molar-refractivity contribution in [3.8, 4) is 0 Å². The first kappa shape index (κ1) is 23.5. The van der Waals surface area contributed by atoms with E-state index in [4.69, 9.17) is 5.11 Å². The summed E-state index contributed by atoms with van der Waals surface area (Å²) in [5.74, 6) is 1.87. The number of amides is 1. The lowest BCUT2D eigenvalue weighted by molar-refractivity contribution is -0.134. The number of anilines is 4. The number of aliphatic hydroxyl groups excluding tert-OH is 2. The van der Waals surface area contributed by atoms with E-state index in [9.17, 15) is 9.90 Å². The minimum Gasteiger partial charge on any atom is -0.387 e. The number of nitrogens with zero attached hydrogens (tertiary/aromatic N) is 7. The smallest absolute Gasteiger partial charge is 0.248 e. The van der Waals surface area contributed by atoms with Crippen LogP contribution in [0.4, 0.5) is 23.4 Å². The highest BCUT2D eigenvalue weighted by Gasteiger charge is 2.21. The molecule has 12 heteroatoms. The van der Waals surface area contributed by atoms with E-state index in [-0.39, 0.29) is 11.9 Å². The SMILES string of the molecule is CC(C)Nc1nc(C(C)O)cc2cnc(Nc3ccc(N4CCN(C(=O)CO)CC4)nn3)nc12. The number of rotatable bonds is 7. The van der Waals surface area contributed by atoms with Crippen LogP contribution in [0.15, 0.2) is 24.4 Å². The van der Waals surface area contributed by atoms with Crippen molar-refractivity contribution >= 4 is 40.2 Å². The standard InChI is InChI=1S/C22H29N9O3/c1-13(2)24-21-20-15(10-16(25-21)14(3)33)11-23-22(27-20)26-17-4-5-18(29-28-17)30-6-8-31(9-7-30)19(34)12-32/h4-5,10-11,13-14,32-33H,6-9,12H2,1-3H3,(H,24,25)(H,23,26,27,28). The summed E-state index contributed by atoms with van der Waals surface area (Å²) in [6, 6.07) is 5.55. The van der Waals surface area contributed by atoms with E-state index in [2.05, 4.69) is 35.8 Å². The second-order valence-electron chi connectivity index (χ2n) is 8.43. The molecule has 0 saturated carbocycles. The van der Waals surface area contributed by atoms with Crippen molar-refractivity contribution in [3.63, 3.8) is 0 Å². The number of aliphatic hydroxyl groups is 2.